The molecule has 2 atom stereocenters. The highest BCUT2D eigenvalue weighted by Gasteiger charge is 2.50. The number of rotatable bonds is 4. The highest BCUT2D eigenvalue weighted by Crippen LogP contribution is 2.52. The van der Waals surface area contributed by atoms with Gasteiger partial charge in [0, 0.05) is 12.6 Å². The summed E-state index contributed by atoms with van der Waals surface area (Å²) in [5.41, 5.74) is 0.857. The van der Waals surface area contributed by atoms with Crippen LogP contribution in [0.15, 0.2) is 24.3 Å². The summed E-state index contributed by atoms with van der Waals surface area (Å²) in [6.45, 7) is 7.37. The molecule has 0 unspecified atom stereocenters. The highest BCUT2D eigenvalue weighted by atomic mass is 16.5. The van der Waals surface area contributed by atoms with Crippen molar-refractivity contribution in [2.45, 2.75) is 46.1 Å². The second-order valence-corrected chi connectivity index (χ2v) is 8.54. The zero-order valence-corrected chi connectivity index (χ0v) is 15.5. The second-order valence-electron chi connectivity index (χ2n) is 8.54. The molecule has 2 aliphatic rings. The highest BCUT2D eigenvalue weighted by molar-refractivity contribution is 5.91. The largest absolute Gasteiger partial charge is 0.497 e. The Bertz CT molecular complexity index is 667. The topological polar surface area (TPSA) is 55.8 Å². The number of amides is 1. The number of methoxy groups -OCH3 is 1. The SMILES string of the molecule is COc1ccc(C(=O)OCC(=O)N2C[C@@]3(C)C[C@@H]2CC(C)(C)C3)cc1. The molecule has 1 saturated carbocycles. The Balaban J connectivity index is 1.58. The van der Waals surface area contributed by atoms with Crippen LogP contribution in [0.4, 0.5) is 0 Å². The van der Waals surface area contributed by atoms with Crippen LogP contribution in [-0.2, 0) is 9.53 Å². The van der Waals surface area contributed by atoms with Gasteiger partial charge in [-0.15, -0.1) is 0 Å². The van der Waals surface area contributed by atoms with E-state index in [9.17, 15) is 9.59 Å². The molecule has 1 saturated heterocycles. The fourth-order valence-electron chi connectivity index (χ4n) is 4.77. The molecular weight excluding hydrogens is 318 g/mol. The summed E-state index contributed by atoms with van der Waals surface area (Å²) in [4.78, 5) is 26.7. The van der Waals surface area contributed by atoms with Crippen LogP contribution >= 0.6 is 0 Å². The molecule has 1 aliphatic carbocycles. The molecule has 25 heavy (non-hydrogen) atoms. The van der Waals surface area contributed by atoms with Crippen LogP contribution in [0.3, 0.4) is 0 Å². The summed E-state index contributed by atoms with van der Waals surface area (Å²) in [7, 11) is 1.57. The van der Waals surface area contributed by atoms with Crippen molar-refractivity contribution in [3.63, 3.8) is 0 Å². The Labute approximate surface area is 149 Å². The lowest BCUT2D eigenvalue weighted by atomic mass is 9.65. The summed E-state index contributed by atoms with van der Waals surface area (Å²) in [5.74, 6) is 0.103. The molecule has 3 rings (SSSR count). The molecule has 0 N–H and O–H groups in total. The van der Waals surface area contributed by atoms with E-state index in [4.69, 9.17) is 9.47 Å². The predicted octanol–water partition coefficient (Wildman–Crippen LogP) is 3.28. The Morgan fingerprint density at radius 2 is 1.84 bits per heavy atom. The Morgan fingerprint density at radius 3 is 2.48 bits per heavy atom. The number of nitrogens with zero attached hydrogens (tertiary/aromatic N) is 1. The number of likely N-dealkylation sites (tertiary alicyclic amines) is 1. The fraction of sp³-hybridized carbons (Fsp3) is 0.600. The van der Waals surface area contributed by atoms with Crippen molar-refractivity contribution >= 4 is 11.9 Å². The van der Waals surface area contributed by atoms with Crippen molar-refractivity contribution in [2.75, 3.05) is 20.3 Å². The Hall–Kier alpha value is -2.04. The summed E-state index contributed by atoms with van der Waals surface area (Å²) >= 11 is 0. The van der Waals surface area contributed by atoms with Crippen LogP contribution in [0.2, 0.25) is 0 Å². The third-order valence-electron chi connectivity index (χ3n) is 5.39. The first-order valence-corrected chi connectivity index (χ1v) is 8.82. The first-order chi connectivity index (χ1) is 11.7. The lowest BCUT2D eigenvalue weighted by Gasteiger charge is -2.39. The summed E-state index contributed by atoms with van der Waals surface area (Å²) in [5, 5.41) is 0. The van der Waals surface area contributed by atoms with E-state index < -0.39 is 5.97 Å². The van der Waals surface area contributed by atoms with Crippen molar-refractivity contribution in [3.05, 3.63) is 29.8 Å². The molecule has 136 valence electrons. The summed E-state index contributed by atoms with van der Waals surface area (Å²) in [6, 6.07) is 6.94. The smallest absolute Gasteiger partial charge is 0.338 e. The van der Waals surface area contributed by atoms with Gasteiger partial charge < -0.3 is 14.4 Å². The van der Waals surface area contributed by atoms with Crippen molar-refractivity contribution < 1.29 is 19.1 Å². The molecule has 2 fully saturated rings. The molecule has 0 aromatic heterocycles. The van der Waals surface area contributed by atoms with E-state index in [2.05, 4.69) is 20.8 Å². The van der Waals surface area contributed by atoms with Gasteiger partial charge in [-0.2, -0.15) is 0 Å². The number of carbonyl (C=O) groups is 2. The van der Waals surface area contributed by atoms with Gasteiger partial charge in [0.05, 0.1) is 12.7 Å². The summed E-state index contributed by atoms with van der Waals surface area (Å²) in [6.07, 6.45) is 3.20. The molecule has 1 aromatic rings. The standard InChI is InChI=1S/C20H27NO4/c1-19(2)9-15-10-20(3,12-19)13-21(15)17(22)11-25-18(23)14-5-7-16(24-4)8-6-14/h5-8,15H,9-13H2,1-4H3/t15-,20-/m0/s1. The van der Waals surface area contributed by atoms with Crippen LogP contribution in [0.5, 0.6) is 5.75 Å². The quantitative estimate of drug-likeness (QED) is 0.786. The van der Waals surface area contributed by atoms with E-state index in [-0.39, 0.29) is 29.4 Å². The minimum Gasteiger partial charge on any atom is -0.497 e. The van der Waals surface area contributed by atoms with Crippen molar-refractivity contribution in [1.82, 2.24) is 4.90 Å². The lowest BCUT2D eigenvalue weighted by molar-refractivity contribution is -0.135. The number of benzene rings is 1. The van der Waals surface area contributed by atoms with Crippen LogP contribution in [0.25, 0.3) is 0 Å². The zero-order valence-electron chi connectivity index (χ0n) is 15.5. The predicted molar refractivity (Wildman–Crippen MR) is 94.5 cm³/mol. The average Bonchev–Trinajstić information content (AvgIpc) is 2.81. The van der Waals surface area contributed by atoms with Gasteiger partial charge in [-0.3, -0.25) is 4.79 Å². The monoisotopic (exact) mass is 345 g/mol. The third kappa shape index (κ3) is 3.80. The van der Waals surface area contributed by atoms with E-state index in [1.807, 2.05) is 4.90 Å². The van der Waals surface area contributed by atoms with Gasteiger partial charge in [-0.25, -0.2) is 4.79 Å². The van der Waals surface area contributed by atoms with Gasteiger partial charge in [0.15, 0.2) is 6.61 Å². The molecule has 5 heteroatoms. The molecule has 1 amide bonds. The average molecular weight is 345 g/mol. The maximum atomic E-state index is 12.6. The van der Waals surface area contributed by atoms with Crippen LogP contribution in [0, 0.1) is 10.8 Å². The number of fused-ring (bicyclic) bond motifs is 2. The normalized spacial score (nSPS) is 27.0. The van der Waals surface area contributed by atoms with Crippen LogP contribution < -0.4 is 4.74 Å². The summed E-state index contributed by atoms with van der Waals surface area (Å²) < 4.78 is 10.3. The molecular formula is C20H27NO4. The number of hydrogen-bond acceptors (Lipinski definition) is 4. The van der Waals surface area contributed by atoms with Gasteiger partial charge in [-0.05, 0) is 54.4 Å². The van der Waals surface area contributed by atoms with Gasteiger partial charge in [0.2, 0.25) is 0 Å². The van der Waals surface area contributed by atoms with Gasteiger partial charge in [0.1, 0.15) is 5.75 Å². The number of carbonyl (C=O) groups excluding carboxylic acids is 2. The molecule has 5 nitrogen and oxygen atoms in total. The van der Waals surface area contributed by atoms with E-state index in [1.165, 1.54) is 0 Å². The second kappa shape index (κ2) is 6.36. The fourth-order valence-corrected chi connectivity index (χ4v) is 4.77. The van der Waals surface area contributed by atoms with Gasteiger partial charge >= 0.3 is 5.97 Å². The molecule has 0 spiro atoms. The molecule has 1 aliphatic heterocycles. The van der Waals surface area contributed by atoms with E-state index >= 15 is 0 Å². The molecule has 1 heterocycles. The first-order valence-electron chi connectivity index (χ1n) is 8.82. The van der Waals surface area contributed by atoms with E-state index in [0.717, 1.165) is 25.8 Å². The zero-order chi connectivity index (χ0) is 18.2. The molecule has 2 bridgehead atoms. The van der Waals surface area contributed by atoms with Gasteiger partial charge in [0.25, 0.3) is 5.91 Å². The maximum absolute atomic E-state index is 12.6. The minimum absolute atomic E-state index is 0.0895. The van der Waals surface area contributed by atoms with Crippen molar-refractivity contribution in [2.24, 2.45) is 10.8 Å². The van der Waals surface area contributed by atoms with E-state index in [1.54, 1.807) is 31.4 Å². The first kappa shape index (κ1) is 17.8. The minimum atomic E-state index is -0.482. The lowest BCUT2D eigenvalue weighted by Crippen LogP contribution is -2.39. The number of hydrogen-bond donors (Lipinski definition) is 0. The third-order valence-corrected chi connectivity index (χ3v) is 5.39. The van der Waals surface area contributed by atoms with Crippen molar-refractivity contribution in [1.29, 1.82) is 0 Å². The number of esters is 1. The van der Waals surface area contributed by atoms with Crippen molar-refractivity contribution in [3.8, 4) is 5.75 Å². The van der Waals surface area contributed by atoms with Crippen LogP contribution in [-0.4, -0.2) is 43.1 Å². The van der Waals surface area contributed by atoms with Gasteiger partial charge in [-0.1, -0.05) is 20.8 Å². The number of ether oxygens (including phenoxy) is 2. The molecule has 0 radical (unpaired) electrons. The van der Waals surface area contributed by atoms with Crippen LogP contribution in [0.1, 0.15) is 50.4 Å². The van der Waals surface area contributed by atoms with E-state index in [0.29, 0.717) is 11.3 Å². The Morgan fingerprint density at radius 1 is 1.16 bits per heavy atom. The Kier molecular flexibility index (Phi) is 4.52. The molecule has 1 aromatic carbocycles. The maximum Gasteiger partial charge on any atom is 0.338 e.